The van der Waals surface area contributed by atoms with Crippen molar-refractivity contribution in [2.45, 2.75) is 64.8 Å². The molecule has 1 aliphatic rings. The van der Waals surface area contributed by atoms with E-state index >= 15 is 0 Å². The topological polar surface area (TPSA) is 66.5 Å². The van der Waals surface area contributed by atoms with E-state index in [0.29, 0.717) is 30.8 Å². The second-order valence-electron chi connectivity index (χ2n) is 7.22. The summed E-state index contributed by atoms with van der Waals surface area (Å²) in [6, 6.07) is 3.98. The summed E-state index contributed by atoms with van der Waals surface area (Å²) in [5.41, 5.74) is 2.64. The summed E-state index contributed by atoms with van der Waals surface area (Å²) in [4.78, 5) is 12.7. The molecule has 1 unspecified atom stereocenters. The van der Waals surface area contributed by atoms with Gasteiger partial charge in [-0.3, -0.25) is 4.79 Å². The Morgan fingerprint density at radius 3 is 2.20 bits per heavy atom. The smallest absolute Gasteiger partial charge is 0.243 e. The van der Waals surface area contributed by atoms with E-state index in [0.717, 1.165) is 23.1 Å². The Morgan fingerprint density at radius 1 is 1.20 bits per heavy atom. The quantitative estimate of drug-likeness (QED) is 0.871. The Labute approximate surface area is 151 Å². The molecule has 1 aromatic rings. The van der Waals surface area contributed by atoms with Crippen LogP contribution < -0.4 is 5.32 Å². The van der Waals surface area contributed by atoms with Crippen LogP contribution in [-0.2, 0) is 14.8 Å². The lowest BCUT2D eigenvalue weighted by Gasteiger charge is -2.32. The van der Waals surface area contributed by atoms with E-state index in [-0.39, 0.29) is 17.9 Å². The van der Waals surface area contributed by atoms with Crippen LogP contribution in [0.5, 0.6) is 0 Å². The molecule has 1 aromatic carbocycles. The molecule has 1 amide bonds. The van der Waals surface area contributed by atoms with Crippen molar-refractivity contribution >= 4 is 15.9 Å². The van der Waals surface area contributed by atoms with Crippen molar-refractivity contribution in [2.24, 2.45) is 5.92 Å². The molecule has 1 aliphatic heterocycles. The third kappa shape index (κ3) is 4.42. The van der Waals surface area contributed by atoms with Crippen molar-refractivity contribution in [2.75, 3.05) is 13.1 Å². The Bertz CT molecular complexity index is 712. The number of rotatable bonds is 5. The predicted octanol–water partition coefficient (Wildman–Crippen LogP) is 2.93. The number of sulfonamides is 1. The summed E-state index contributed by atoms with van der Waals surface area (Å²) in [6.07, 6.45) is 2.04. The van der Waals surface area contributed by atoms with Crippen molar-refractivity contribution in [3.05, 3.63) is 28.8 Å². The minimum absolute atomic E-state index is 0.0501. The molecule has 1 atom stereocenters. The third-order valence-electron chi connectivity index (χ3n) is 5.03. The van der Waals surface area contributed by atoms with Gasteiger partial charge in [0.05, 0.1) is 4.90 Å². The fourth-order valence-electron chi connectivity index (χ4n) is 3.52. The maximum absolute atomic E-state index is 13.1. The van der Waals surface area contributed by atoms with Crippen LogP contribution in [0.1, 0.15) is 49.8 Å². The van der Waals surface area contributed by atoms with Crippen molar-refractivity contribution in [3.63, 3.8) is 0 Å². The summed E-state index contributed by atoms with van der Waals surface area (Å²) < 4.78 is 27.7. The molecular weight excluding hydrogens is 336 g/mol. The number of hydrogen-bond acceptors (Lipinski definition) is 3. The molecule has 2 rings (SSSR count). The fraction of sp³-hybridized carbons (Fsp3) is 0.632. The molecule has 0 saturated carbocycles. The molecule has 25 heavy (non-hydrogen) atoms. The number of nitrogens with one attached hydrogen (secondary N) is 1. The first-order chi connectivity index (χ1) is 11.7. The monoisotopic (exact) mass is 366 g/mol. The molecule has 5 nitrogen and oxygen atoms in total. The van der Waals surface area contributed by atoms with E-state index in [1.54, 1.807) is 0 Å². The van der Waals surface area contributed by atoms with Gasteiger partial charge in [-0.2, -0.15) is 4.31 Å². The van der Waals surface area contributed by atoms with Gasteiger partial charge in [0.15, 0.2) is 0 Å². The number of benzene rings is 1. The zero-order chi connectivity index (χ0) is 18.8. The molecule has 1 heterocycles. The van der Waals surface area contributed by atoms with Crippen LogP contribution in [0.25, 0.3) is 0 Å². The summed E-state index contributed by atoms with van der Waals surface area (Å²) in [6.45, 7) is 10.5. The highest BCUT2D eigenvalue weighted by molar-refractivity contribution is 7.89. The maximum atomic E-state index is 13.1. The number of aryl methyl sites for hydroxylation is 3. The van der Waals surface area contributed by atoms with Crippen LogP contribution in [0, 0.1) is 26.7 Å². The Hall–Kier alpha value is -1.40. The summed E-state index contributed by atoms with van der Waals surface area (Å²) in [5, 5.41) is 3.00. The standard InChI is InChI=1S/C19H30N2O3S/c1-6-16(5)20-19(22)17-7-9-21(10-8-17)25(23,24)18-14(3)11-13(2)12-15(18)4/h11-12,16-17H,6-10H2,1-5H3,(H,20,22). The number of amides is 1. The molecule has 1 N–H and O–H groups in total. The van der Waals surface area contributed by atoms with Gasteiger partial charge in [0, 0.05) is 25.0 Å². The van der Waals surface area contributed by atoms with Gasteiger partial charge in [0.1, 0.15) is 0 Å². The fourth-order valence-corrected chi connectivity index (χ4v) is 5.41. The largest absolute Gasteiger partial charge is 0.353 e. The van der Waals surface area contributed by atoms with Crippen LogP contribution in [0.4, 0.5) is 0 Å². The van der Waals surface area contributed by atoms with E-state index in [2.05, 4.69) is 5.32 Å². The highest BCUT2D eigenvalue weighted by atomic mass is 32.2. The molecule has 1 saturated heterocycles. The van der Waals surface area contributed by atoms with Gasteiger partial charge in [-0.15, -0.1) is 0 Å². The van der Waals surface area contributed by atoms with Crippen molar-refractivity contribution in [1.29, 1.82) is 0 Å². The van der Waals surface area contributed by atoms with Gasteiger partial charge in [0.25, 0.3) is 0 Å². The van der Waals surface area contributed by atoms with E-state index < -0.39 is 10.0 Å². The number of carbonyl (C=O) groups is 1. The number of nitrogens with zero attached hydrogens (tertiary/aromatic N) is 1. The molecular formula is C19H30N2O3S. The molecule has 1 fully saturated rings. The zero-order valence-corrected chi connectivity index (χ0v) is 16.7. The second-order valence-corrected chi connectivity index (χ2v) is 9.10. The Kier molecular flexibility index (Phi) is 6.27. The Morgan fingerprint density at radius 2 is 1.72 bits per heavy atom. The van der Waals surface area contributed by atoms with Gasteiger partial charge in [-0.1, -0.05) is 24.6 Å². The normalized spacial score (nSPS) is 18.1. The summed E-state index contributed by atoms with van der Waals surface area (Å²) >= 11 is 0. The van der Waals surface area contributed by atoms with Gasteiger partial charge in [-0.25, -0.2) is 8.42 Å². The predicted molar refractivity (Wildman–Crippen MR) is 100 cm³/mol. The molecule has 0 radical (unpaired) electrons. The number of hydrogen-bond donors (Lipinski definition) is 1. The minimum atomic E-state index is -3.52. The molecule has 0 aromatic heterocycles. The molecule has 0 bridgehead atoms. The first-order valence-corrected chi connectivity index (χ1v) is 10.5. The molecule has 6 heteroatoms. The first-order valence-electron chi connectivity index (χ1n) is 9.05. The molecule has 0 spiro atoms. The van der Waals surface area contributed by atoms with E-state index in [1.807, 2.05) is 46.8 Å². The third-order valence-corrected chi connectivity index (χ3v) is 7.23. The van der Waals surface area contributed by atoms with Crippen molar-refractivity contribution in [3.8, 4) is 0 Å². The van der Waals surface area contributed by atoms with Crippen LogP contribution >= 0.6 is 0 Å². The number of carbonyl (C=O) groups excluding carboxylic acids is 1. The summed E-state index contributed by atoms with van der Waals surface area (Å²) in [5.74, 6) is -0.0465. The van der Waals surface area contributed by atoms with Crippen LogP contribution in [0.3, 0.4) is 0 Å². The van der Waals surface area contributed by atoms with Gasteiger partial charge >= 0.3 is 0 Å². The second kappa shape index (κ2) is 7.87. The van der Waals surface area contributed by atoms with E-state index in [4.69, 9.17) is 0 Å². The van der Waals surface area contributed by atoms with Crippen LogP contribution in [0.2, 0.25) is 0 Å². The van der Waals surface area contributed by atoms with Gasteiger partial charge < -0.3 is 5.32 Å². The zero-order valence-electron chi connectivity index (χ0n) is 15.9. The lowest BCUT2D eigenvalue weighted by atomic mass is 9.97. The van der Waals surface area contributed by atoms with E-state index in [9.17, 15) is 13.2 Å². The average Bonchev–Trinajstić information content (AvgIpc) is 2.53. The summed E-state index contributed by atoms with van der Waals surface area (Å²) in [7, 11) is -3.52. The highest BCUT2D eigenvalue weighted by Crippen LogP contribution is 2.28. The average molecular weight is 367 g/mol. The lowest BCUT2D eigenvalue weighted by molar-refractivity contribution is -0.126. The van der Waals surface area contributed by atoms with Crippen LogP contribution in [0.15, 0.2) is 17.0 Å². The number of piperidine rings is 1. The maximum Gasteiger partial charge on any atom is 0.243 e. The highest BCUT2D eigenvalue weighted by Gasteiger charge is 2.33. The first kappa shape index (κ1) is 19.9. The molecule has 140 valence electrons. The van der Waals surface area contributed by atoms with E-state index in [1.165, 1.54) is 4.31 Å². The van der Waals surface area contributed by atoms with Crippen molar-refractivity contribution < 1.29 is 13.2 Å². The van der Waals surface area contributed by atoms with Gasteiger partial charge in [0.2, 0.25) is 15.9 Å². The van der Waals surface area contributed by atoms with Crippen molar-refractivity contribution in [1.82, 2.24) is 9.62 Å². The van der Waals surface area contributed by atoms with Gasteiger partial charge in [-0.05, 0) is 58.1 Å². The molecule has 0 aliphatic carbocycles. The minimum Gasteiger partial charge on any atom is -0.353 e. The lowest BCUT2D eigenvalue weighted by Crippen LogP contribution is -2.44. The SMILES string of the molecule is CCC(C)NC(=O)C1CCN(S(=O)(=O)c2c(C)cc(C)cc2C)CC1. The van der Waals surface area contributed by atoms with Crippen LogP contribution in [-0.4, -0.2) is 37.8 Å². The Balaban J connectivity index is 2.11.